The fourth-order valence-corrected chi connectivity index (χ4v) is 3.10. The molecule has 10 heteroatoms. The molecule has 23 heavy (non-hydrogen) atoms. The summed E-state index contributed by atoms with van der Waals surface area (Å²) < 4.78 is 31.4. The van der Waals surface area contributed by atoms with Gasteiger partial charge in [0.05, 0.1) is 6.61 Å². The van der Waals surface area contributed by atoms with Crippen LogP contribution in [0, 0.1) is 0 Å². The summed E-state index contributed by atoms with van der Waals surface area (Å²) in [7, 11) is -4.95. The van der Waals surface area contributed by atoms with Gasteiger partial charge in [0, 0.05) is 7.79 Å². The number of hydrogen-bond donors (Lipinski definition) is 5. The number of aliphatic hydroxyl groups is 5. The SMILES string of the molecule is [2H]CC1=CC=C(S(=O)(=O)C(=O)[C@H](O)[C@@H](O)[C@H](O)[C@H](O)CO)C(=O)C1. The van der Waals surface area contributed by atoms with Gasteiger partial charge in [-0.1, -0.05) is 11.6 Å². The van der Waals surface area contributed by atoms with E-state index >= 15 is 0 Å². The Bertz CT molecular complexity index is 667. The van der Waals surface area contributed by atoms with Gasteiger partial charge >= 0.3 is 0 Å². The van der Waals surface area contributed by atoms with Crippen molar-refractivity contribution in [2.45, 2.75) is 37.7 Å². The van der Waals surface area contributed by atoms with Crippen LogP contribution in [-0.4, -0.2) is 75.9 Å². The molecule has 0 saturated carbocycles. The van der Waals surface area contributed by atoms with Crippen LogP contribution in [0.5, 0.6) is 0 Å². The van der Waals surface area contributed by atoms with Crippen molar-refractivity contribution in [1.29, 1.82) is 0 Å². The van der Waals surface area contributed by atoms with Gasteiger partial charge in [-0.05, 0) is 13.0 Å². The van der Waals surface area contributed by atoms with Gasteiger partial charge in [-0.15, -0.1) is 0 Å². The Kier molecular flexibility index (Phi) is 5.79. The van der Waals surface area contributed by atoms with Crippen molar-refractivity contribution in [3.05, 3.63) is 22.6 Å². The Morgan fingerprint density at radius 3 is 2.35 bits per heavy atom. The summed E-state index contributed by atoms with van der Waals surface area (Å²) in [6, 6.07) is 0. The van der Waals surface area contributed by atoms with Crippen molar-refractivity contribution in [2.24, 2.45) is 0 Å². The lowest BCUT2D eigenvalue weighted by Crippen LogP contribution is -2.50. The standard InChI is InChI=1S/C13H18O9S/c1-6-2-3-9(7(15)4-6)23(21,22)13(20)12(19)11(18)10(17)8(16)5-14/h2-3,8,10-12,14,16-19H,4-5H2,1H3/t8-,10-,11+,12-/m1/s1/i1D. The molecule has 0 amide bonds. The number of ketones is 1. The van der Waals surface area contributed by atoms with Crippen molar-refractivity contribution in [3.63, 3.8) is 0 Å². The molecular formula is C13H18O9S. The molecule has 0 aromatic rings. The van der Waals surface area contributed by atoms with Crippen LogP contribution in [0.3, 0.4) is 0 Å². The zero-order valence-electron chi connectivity index (χ0n) is 12.9. The highest BCUT2D eigenvalue weighted by Crippen LogP contribution is 2.22. The summed E-state index contributed by atoms with van der Waals surface area (Å²) in [5.74, 6) is -0.939. The molecule has 0 saturated heterocycles. The second-order valence-corrected chi connectivity index (χ2v) is 6.80. The van der Waals surface area contributed by atoms with Crippen molar-refractivity contribution in [3.8, 4) is 0 Å². The molecule has 1 aliphatic rings. The molecule has 9 nitrogen and oxygen atoms in total. The van der Waals surface area contributed by atoms with Gasteiger partial charge in [-0.3, -0.25) is 9.59 Å². The molecule has 1 rings (SSSR count). The maximum Gasteiger partial charge on any atom is 0.282 e. The van der Waals surface area contributed by atoms with Crippen molar-refractivity contribution in [1.82, 2.24) is 0 Å². The van der Waals surface area contributed by atoms with Crippen LogP contribution < -0.4 is 0 Å². The Balaban J connectivity index is 3.07. The van der Waals surface area contributed by atoms with Gasteiger partial charge < -0.3 is 25.5 Å². The number of aliphatic hydroxyl groups excluding tert-OH is 5. The predicted molar refractivity (Wildman–Crippen MR) is 76.5 cm³/mol. The van der Waals surface area contributed by atoms with E-state index in [1.165, 1.54) is 6.08 Å². The molecule has 0 aliphatic heterocycles. The maximum atomic E-state index is 12.1. The number of rotatable bonds is 6. The fourth-order valence-electron chi connectivity index (χ4n) is 1.81. The van der Waals surface area contributed by atoms with Crippen LogP contribution in [0.1, 0.15) is 14.7 Å². The number of Topliss-reactive ketones (excluding diaryl/α,β-unsaturated/α-hetero) is 1. The first-order valence-corrected chi connectivity index (χ1v) is 7.90. The third kappa shape index (κ3) is 4.10. The molecule has 0 aromatic carbocycles. The highest BCUT2D eigenvalue weighted by atomic mass is 32.2. The minimum Gasteiger partial charge on any atom is -0.394 e. The first-order chi connectivity index (χ1) is 11.1. The average molecular weight is 351 g/mol. The molecule has 5 N–H and O–H groups in total. The predicted octanol–water partition coefficient (Wildman–Crippen LogP) is -2.83. The van der Waals surface area contributed by atoms with Crippen molar-refractivity contribution < 1.29 is 44.9 Å². The fraction of sp³-hybridized carbons (Fsp3) is 0.538. The zero-order chi connectivity index (χ0) is 18.7. The minimum absolute atomic E-state index is 0.226. The molecule has 0 spiro atoms. The number of hydrogen-bond acceptors (Lipinski definition) is 9. The van der Waals surface area contributed by atoms with E-state index in [1.807, 2.05) is 0 Å². The van der Waals surface area contributed by atoms with Gasteiger partial charge in [0.25, 0.3) is 5.12 Å². The van der Waals surface area contributed by atoms with Crippen molar-refractivity contribution in [2.75, 3.05) is 6.61 Å². The molecule has 0 unspecified atom stereocenters. The summed E-state index contributed by atoms with van der Waals surface area (Å²) in [4.78, 5) is 22.8. The smallest absolute Gasteiger partial charge is 0.282 e. The Morgan fingerprint density at radius 1 is 1.26 bits per heavy atom. The van der Waals surface area contributed by atoms with E-state index in [0.29, 0.717) is 5.57 Å². The maximum absolute atomic E-state index is 12.1. The third-order valence-electron chi connectivity index (χ3n) is 3.18. The summed E-state index contributed by atoms with van der Waals surface area (Å²) >= 11 is 0. The lowest BCUT2D eigenvalue weighted by molar-refractivity contribution is -0.140. The van der Waals surface area contributed by atoms with E-state index in [2.05, 4.69) is 0 Å². The Morgan fingerprint density at radius 2 is 1.87 bits per heavy atom. The van der Waals surface area contributed by atoms with Crippen LogP contribution in [0.4, 0.5) is 0 Å². The summed E-state index contributed by atoms with van der Waals surface area (Å²) in [5.41, 5.74) is 0.341. The Hall–Kier alpha value is -1.43. The number of allylic oxidation sites excluding steroid dienone is 4. The van der Waals surface area contributed by atoms with E-state index in [9.17, 15) is 33.3 Å². The van der Waals surface area contributed by atoms with Gasteiger partial charge in [-0.25, -0.2) is 8.42 Å². The summed E-state index contributed by atoms with van der Waals surface area (Å²) in [5, 5.41) is 44.5. The van der Waals surface area contributed by atoms with Crippen LogP contribution in [0.2, 0.25) is 0 Å². The second kappa shape index (κ2) is 7.43. The summed E-state index contributed by atoms with van der Waals surface area (Å²) in [6.07, 6.45) is -7.47. The highest BCUT2D eigenvalue weighted by Gasteiger charge is 2.42. The van der Waals surface area contributed by atoms with Crippen LogP contribution in [0.15, 0.2) is 22.6 Å². The largest absolute Gasteiger partial charge is 0.394 e. The topological polar surface area (TPSA) is 169 Å². The number of carbonyl (C=O) groups excluding carboxylic acids is 2. The van der Waals surface area contributed by atoms with Gasteiger partial charge in [0.1, 0.15) is 23.2 Å². The molecule has 0 heterocycles. The second-order valence-electron chi connectivity index (χ2n) is 4.95. The molecule has 0 radical (unpaired) electrons. The molecular weight excluding hydrogens is 332 g/mol. The first-order valence-electron chi connectivity index (χ1n) is 7.12. The molecule has 0 bridgehead atoms. The molecule has 130 valence electrons. The van der Waals surface area contributed by atoms with Gasteiger partial charge in [0.15, 0.2) is 11.9 Å². The van der Waals surface area contributed by atoms with E-state index in [0.717, 1.165) is 6.08 Å². The normalized spacial score (nSPS) is 21.6. The van der Waals surface area contributed by atoms with Gasteiger partial charge in [-0.2, -0.15) is 0 Å². The van der Waals surface area contributed by atoms with E-state index in [1.54, 1.807) is 0 Å². The van der Waals surface area contributed by atoms with Crippen molar-refractivity contribution >= 4 is 20.7 Å². The van der Waals surface area contributed by atoms with Crippen LogP contribution in [-0.2, 0) is 19.4 Å². The van der Waals surface area contributed by atoms with E-state index in [-0.39, 0.29) is 13.3 Å². The number of sulfone groups is 1. The van der Waals surface area contributed by atoms with Crippen LogP contribution >= 0.6 is 0 Å². The molecule has 4 atom stereocenters. The third-order valence-corrected chi connectivity index (χ3v) is 4.90. The number of carbonyl (C=O) groups is 2. The molecule has 0 fully saturated rings. The van der Waals surface area contributed by atoms with Gasteiger partial charge in [0.2, 0.25) is 9.84 Å². The Labute approximate surface area is 133 Å². The van der Waals surface area contributed by atoms with E-state index < -0.39 is 56.7 Å². The lowest BCUT2D eigenvalue weighted by atomic mass is 10.0. The first kappa shape index (κ1) is 17.9. The zero-order valence-corrected chi connectivity index (χ0v) is 12.7. The molecule has 1 aliphatic carbocycles. The summed E-state index contributed by atoms with van der Waals surface area (Å²) in [6.45, 7) is -1.23. The molecule has 0 aromatic heterocycles. The van der Waals surface area contributed by atoms with E-state index in [4.69, 9.17) is 11.6 Å². The lowest BCUT2D eigenvalue weighted by Gasteiger charge is -2.24. The van der Waals surface area contributed by atoms with Crippen LogP contribution in [0.25, 0.3) is 0 Å². The quantitative estimate of drug-likeness (QED) is 0.338. The highest BCUT2D eigenvalue weighted by molar-refractivity contribution is 8.10. The minimum atomic E-state index is -4.95. The monoisotopic (exact) mass is 351 g/mol. The average Bonchev–Trinajstić information content (AvgIpc) is 2.57.